The normalized spacial score (nSPS) is 11.9. The predicted molar refractivity (Wildman–Crippen MR) is 131 cm³/mol. The van der Waals surface area contributed by atoms with Crippen LogP contribution in [-0.2, 0) is 15.7 Å². The van der Waals surface area contributed by atoms with Crippen molar-refractivity contribution in [3.63, 3.8) is 0 Å². The molecule has 1 aromatic heterocycles. The number of aromatic nitrogens is 2. The van der Waals surface area contributed by atoms with E-state index in [4.69, 9.17) is 5.10 Å². The van der Waals surface area contributed by atoms with Gasteiger partial charge in [-0.2, -0.15) is 5.10 Å². The molecule has 0 saturated carbocycles. The first-order chi connectivity index (χ1) is 14.7. The zero-order chi connectivity index (χ0) is 24.3. The lowest BCUT2D eigenvalue weighted by Crippen LogP contribution is -2.41. The van der Waals surface area contributed by atoms with E-state index in [0.29, 0.717) is 12.4 Å². The summed E-state index contributed by atoms with van der Waals surface area (Å²) >= 11 is 0. The molecule has 32 heavy (non-hydrogen) atoms. The average Bonchev–Trinajstić information content (AvgIpc) is 3.09. The van der Waals surface area contributed by atoms with E-state index >= 15 is 0 Å². The maximum Gasteiger partial charge on any atom is 0.322 e. The zero-order valence-electron chi connectivity index (χ0n) is 21.1. The molecule has 0 radical (unpaired) electrons. The maximum absolute atomic E-state index is 13.0. The Balaban J connectivity index is 2.20. The Morgan fingerprint density at radius 1 is 1.03 bits per heavy atom. The Kier molecular flexibility index (Phi) is 7.75. The summed E-state index contributed by atoms with van der Waals surface area (Å²) in [7, 11) is 0. The third-order valence-electron chi connectivity index (χ3n) is 5.21. The number of nitrogens with one attached hydrogen (secondary N) is 2. The van der Waals surface area contributed by atoms with E-state index in [1.807, 2.05) is 70.5 Å². The van der Waals surface area contributed by atoms with Crippen LogP contribution in [0.5, 0.6) is 0 Å². The number of carbonyl (C=O) groups excluding carboxylic acids is 2. The Morgan fingerprint density at radius 2 is 1.62 bits per heavy atom. The number of hydrogen-bond acceptors (Lipinski definition) is 3. The van der Waals surface area contributed by atoms with Gasteiger partial charge in [-0.05, 0) is 52.2 Å². The van der Waals surface area contributed by atoms with Crippen molar-refractivity contribution < 1.29 is 9.59 Å². The minimum atomic E-state index is -0.297. The summed E-state index contributed by atoms with van der Waals surface area (Å²) in [4.78, 5) is 27.5. The van der Waals surface area contributed by atoms with Crippen LogP contribution in [0.3, 0.4) is 0 Å². The van der Waals surface area contributed by atoms with Gasteiger partial charge in [0.1, 0.15) is 12.4 Å². The minimum absolute atomic E-state index is 0.0369. The lowest BCUT2D eigenvalue weighted by atomic mass is 9.92. The van der Waals surface area contributed by atoms with Crippen molar-refractivity contribution >= 4 is 23.4 Å². The second-order valence-corrected chi connectivity index (χ2v) is 10.4. The Hall–Kier alpha value is -2.83. The molecule has 0 saturated heterocycles. The van der Waals surface area contributed by atoms with Gasteiger partial charge in [-0.25, -0.2) is 9.48 Å². The molecule has 0 unspecified atom stereocenters. The first kappa shape index (κ1) is 25.4. The first-order valence-electron chi connectivity index (χ1n) is 11.3. The summed E-state index contributed by atoms with van der Waals surface area (Å²) in [6, 6.07) is 7.52. The molecule has 2 N–H and O–H groups in total. The topological polar surface area (TPSA) is 79.3 Å². The number of para-hydroxylation sites is 1. The van der Waals surface area contributed by atoms with Gasteiger partial charge in [0, 0.05) is 23.7 Å². The number of aryl methyl sites for hydroxylation is 2. The smallest absolute Gasteiger partial charge is 0.315 e. The molecule has 0 aliphatic heterocycles. The van der Waals surface area contributed by atoms with E-state index < -0.39 is 0 Å². The van der Waals surface area contributed by atoms with Crippen LogP contribution >= 0.6 is 0 Å². The summed E-state index contributed by atoms with van der Waals surface area (Å²) in [5, 5.41) is 10.7. The van der Waals surface area contributed by atoms with Gasteiger partial charge in [0.15, 0.2) is 0 Å². The fourth-order valence-corrected chi connectivity index (χ4v) is 3.42. The van der Waals surface area contributed by atoms with Gasteiger partial charge < -0.3 is 15.5 Å². The lowest BCUT2D eigenvalue weighted by molar-refractivity contribution is -0.116. The number of carbonyl (C=O) groups is 2. The van der Waals surface area contributed by atoms with Crippen molar-refractivity contribution in [3.05, 3.63) is 41.1 Å². The van der Waals surface area contributed by atoms with Crippen LogP contribution in [-0.4, -0.2) is 39.7 Å². The first-order valence-corrected chi connectivity index (χ1v) is 11.3. The van der Waals surface area contributed by atoms with Gasteiger partial charge in [-0.15, -0.1) is 0 Å². The van der Waals surface area contributed by atoms with Crippen LogP contribution in [0, 0.1) is 13.8 Å². The van der Waals surface area contributed by atoms with E-state index in [-0.39, 0.29) is 29.4 Å². The van der Waals surface area contributed by atoms with Gasteiger partial charge in [0.2, 0.25) is 5.91 Å². The van der Waals surface area contributed by atoms with Crippen molar-refractivity contribution in [2.75, 3.05) is 23.7 Å². The number of nitrogens with zero attached hydrogens (tertiary/aromatic N) is 3. The molecule has 1 aromatic carbocycles. The largest absolute Gasteiger partial charge is 0.322 e. The van der Waals surface area contributed by atoms with Gasteiger partial charge in [-0.1, -0.05) is 45.9 Å². The van der Waals surface area contributed by atoms with Crippen molar-refractivity contribution in [2.24, 2.45) is 0 Å². The SMILES string of the molecule is CCCN(CC(=O)Nc1cc(C(C)(C)C)nn1C(C)(C)C)C(=O)Nc1c(C)cccc1C. The third-order valence-corrected chi connectivity index (χ3v) is 5.21. The Labute approximate surface area is 192 Å². The molecule has 0 bridgehead atoms. The number of benzene rings is 1. The molecule has 2 rings (SSSR count). The number of anilines is 2. The van der Waals surface area contributed by atoms with Crippen LogP contribution in [0.25, 0.3) is 0 Å². The summed E-state index contributed by atoms with van der Waals surface area (Å²) in [5.74, 6) is 0.389. The molecule has 2 aromatic rings. The Morgan fingerprint density at radius 3 is 2.12 bits per heavy atom. The fourth-order valence-electron chi connectivity index (χ4n) is 3.42. The van der Waals surface area contributed by atoms with Gasteiger partial charge in [0.05, 0.1) is 11.2 Å². The Bertz CT molecular complexity index is 943. The summed E-state index contributed by atoms with van der Waals surface area (Å²) in [5.41, 5.74) is 3.23. The standard InChI is InChI=1S/C25H39N5O2/c1-10-14-29(23(32)27-22-17(2)12-11-13-18(22)3)16-21(31)26-20-15-19(24(4,5)6)28-30(20)25(7,8)9/h11-13,15H,10,14,16H2,1-9H3,(H,26,31)(H,27,32). The molecule has 0 aliphatic carbocycles. The van der Waals surface area contributed by atoms with Crippen molar-refractivity contribution in [1.82, 2.24) is 14.7 Å². The predicted octanol–water partition coefficient (Wildman–Crippen LogP) is 5.44. The highest BCUT2D eigenvalue weighted by Gasteiger charge is 2.26. The summed E-state index contributed by atoms with van der Waals surface area (Å²) in [6.07, 6.45) is 0.752. The van der Waals surface area contributed by atoms with Gasteiger partial charge in [-0.3, -0.25) is 4.79 Å². The summed E-state index contributed by atoms with van der Waals surface area (Å²) < 4.78 is 1.84. The van der Waals surface area contributed by atoms with Crippen LogP contribution in [0.2, 0.25) is 0 Å². The average molecular weight is 442 g/mol. The minimum Gasteiger partial charge on any atom is -0.315 e. The molecule has 0 spiro atoms. The highest BCUT2D eigenvalue weighted by molar-refractivity contribution is 5.97. The zero-order valence-corrected chi connectivity index (χ0v) is 21.1. The number of urea groups is 1. The van der Waals surface area contributed by atoms with E-state index in [9.17, 15) is 9.59 Å². The number of hydrogen-bond donors (Lipinski definition) is 2. The molecule has 3 amide bonds. The summed E-state index contributed by atoms with van der Waals surface area (Å²) in [6.45, 7) is 18.8. The van der Waals surface area contributed by atoms with E-state index in [0.717, 1.165) is 28.9 Å². The van der Waals surface area contributed by atoms with Crippen LogP contribution in [0.15, 0.2) is 24.3 Å². The molecular formula is C25H39N5O2. The quantitative estimate of drug-likeness (QED) is 0.627. The third kappa shape index (κ3) is 6.34. The van der Waals surface area contributed by atoms with Crippen LogP contribution in [0.1, 0.15) is 71.7 Å². The molecule has 0 fully saturated rings. The number of amides is 3. The number of rotatable bonds is 6. The molecule has 7 nitrogen and oxygen atoms in total. The molecule has 7 heteroatoms. The second-order valence-electron chi connectivity index (χ2n) is 10.4. The highest BCUT2D eigenvalue weighted by atomic mass is 16.2. The fraction of sp³-hybridized carbons (Fsp3) is 0.560. The molecular weight excluding hydrogens is 402 g/mol. The van der Waals surface area contributed by atoms with Gasteiger partial charge >= 0.3 is 6.03 Å². The van der Waals surface area contributed by atoms with Crippen molar-refractivity contribution in [1.29, 1.82) is 0 Å². The monoisotopic (exact) mass is 441 g/mol. The second kappa shape index (κ2) is 9.76. The van der Waals surface area contributed by atoms with E-state index in [1.165, 1.54) is 0 Å². The molecule has 0 atom stereocenters. The molecule has 1 heterocycles. The van der Waals surface area contributed by atoms with Crippen molar-refractivity contribution in [2.45, 2.75) is 79.7 Å². The molecule has 0 aliphatic rings. The van der Waals surface area contributed by atoms with Crippen molar-refractivity contribution in [3.8, 4) is 0 Å². The van der Waals surface area contributed by atoms with E-state index in [1.54, 1.807) is 4.90 Å². The van der Waals surface area contributed by atoms with Gasteiger partial charge in [0.25, 0.3) is 0 Å². The molecule has 176 valence electrons. The maximum atomic E-state index is 13.0. The lowest BCUT2D eigenvalue weighted by Gasteiger charge is -2.25. The van der Waals surface area contributed by atoms with Crippen LogP contribution in [0.4, 0.5) is 16.3 Å². The van der Waals surface area contributed by atoms with Crippen LogP contribution < -0.4 is 10.6 Å². The van der Waals surface area contributed by atoms with E-state index in [2.05, 4.69) is 31.4 Å². The highest BCUT2D eigenvalue weighted by Crippen LogP contribution is 2.28.